The van der Waals surface area contributed by atoms with Gasteiger partial charge in [0.25, 0.3) is 0 Å². The first-order valence-electron chi connectivity index (χ1n) is 5.80. The van der Waals surface area contributed by atoms with Crippen LogP contribution in [0.15, 0.2) is 18.2 Å². The van der Waals surface area contributed by atoms with Gasteiger partial charge in [0, 0.05) is 6.61 Å². The molecule has 2 N–H and O–H groups in total. The van der Waals surface area contributed by atoms with E-state index in [9.17, 15) is 4.79 Å². The molecule has 5 nitrogen and oxygen atoms in total. The summed E-state index contributed by atoms with van der Waals surface area (Å²) >= 11 is 0. The lowest BCUT2D eigenvalue weighted by Gasteiger charge is -2.13. The summed E-state index contributed by atoms with van der Waals surface area (Å²) in [6.45, 7) is 4.65. The molecule has 1 aromatic rings. The molecule has 0 heterocycles. The summed E-state index contributed by atoms with van der Waals surface area (Å²) in [6, 6.07) is 4.78. The van der Waals surface area contributed by atoms with Crippen molar-refractivity contribution >= 4 is 11.7 Å². The highest BCUT2D eigenvalue weighted by atomic mass is 16.6. The number of carbonyl (C=O) groups excluding carboxylic acids is 1. The van der Waals surface area contributed by atoms with Gasteiger partial charge in [-0.15, -0.1) is 0 Å². The number of esters is 1. The molecule has 0 saturated carbocycles. The number of carbonyl (C=O) groups is 1. The van der Waals surface area contributed by atoms with E-state index in [2.05, 4.69) is 0 Å². The van der Waals surface area contributed by atoms with Crippen LogP contribution in [-0.4, -0.2) is 32.4 Å². The van der Waals surface area contributed by atoms with Crippen molar-refractivity contribution in [2.24, 2.45) is 0 Å². The second-order valence-electron chi connectivity index (χ2n) is 3.83. The van der Waals surface area contributed by atoms with E-state index >= 15 is 0 Å². The fourth-order valence-electron chi connectivity index (χ4n) is 1.41. The minimum Gasteiger partial charge on any atom is -0.495 e. The van der Waals surface area contributed by atoms with Crippen molar-refractivity contribution < 1.29 is 19.0 Å². The zero-order valence-electron chi connectivity index (χ0n) is 10.9. The van der Waals surface area contributed by atoms with Gasteiger partial charge in [0.15, 0.2) is 0 Å². The molecule has 0 aliphatic rings. The molecule has 0 aromatic heterocycles. The van der Waals surface area contributed by atoms with E-state index in [-0.39, 0.29) is 6.10 Å². The van der Waals surface area contributed by atoms with Crippen LogP contribution in [0.25, 0.3) is 0 Å². The Morgan fingerprint density at radius 3 is 2.78 bits per heavy atom. The first-order chi connectivity index (χ1) is 8.58. The first-order valence-corrected chi connectivity index (χ1v) is 5.80. The molecule has 18 heavy (non-hydrogen) atoms. The number of nitrogen functional groups attached to an aromatic ring is 1. The van der Waals surface area contributed by atoms with Crippen molar-refractivity contribution in [1.82, 2.24) is 0 Å². The number of rotatable bonds is 6. The summed E-state index contributed by atoms with van der Waals surface area (Å²) in [5.41, 5.74) is 6.56. The number of hydrogen-bond acceptors (Lipinski definition) is 5. The molecule has 1 atom stereocenters. The Bertz CT molecular complexity index is 406. The van der Waals surface area contributed by atoms with Gasteiger partial charge in [-0.3, -0.25) is 0 Å². The number of methoxy groups -OCH3 is 1. The largest absolute Gasteiger partial charge is 0.495 e. The van der Waals surface area contributed by atoms with Crippen LogP contribution in [0, 0.1) is 0 Å². The molecule has 5 heteroatoms. The Hall–Kier alpha value is -1.75. The molecule has 1 rings (SSSR count). The van der Waals surface area contributed by atoms with E-state index in [1.165, 1.54) is 7.11 Å². The fourth-order valence-corrected chi connectivity index (χ4v) is 1.41. The topological polar surface area (TPSA) is 70.8 Å². The molecule has 0 saturated heterocycles. The Morgan fingerprint density at radius 1 is 1.44 bits per heavy atom. The lowest BCUT2D eigenvalue weighted by Crippen LogP contribution is -2.20. The van der Waals surface area contributed by atoms with Gasteiger partial charge in [0.05, 0.1) is 25.0 Å². The zero-order chi connectivity index (χ0) is 13.5. The van der Waals surface area contributed by atoms with Crippen LogP contribution in [0.5, 0.6) is 5.75 Å². The van der Waals surface area contributed by atoms with Crippen molar-refractivity contribution in [2.45, 2.75) is 20.0 Å². The molecular weight excluding hydrogens is 234 g/mol. The highest BCUT2D eigenvalue weighted by Crippen LogP contribution is 2.22. The fraction of sp³-hybridized carbons (Fsp3) is 0.462. The maximum absolute atomic E-state index is 11.8. The summed E-state index contributed by atoms with van der Waals surface area (Å²) in [4.78, 5) is 11.8. The van der Waals surface area contributed by atoms with E-state index < -0.39 is 5.97 Å². The van der Waals surface area contributed by atoms with Gasteiger partial charge >= 0.3 is 5.97 Å². The monoisotopic (exact) mass is 253 g/mol. The Balaban J connectivity index is 2.66. The minimum absolute atomic E-state index is 0.291. The van der Waals surface area contributed by atoms with Crippen LogP contribution < -0.4 is 10.5 Å². The quantitative estimate of drug-likeness (QED) is 0.619. The van der Waals surface area contributed by atoms with Crippen molar-refractivity contribution in [3.8, 4) is 5.75 Å². The number of benzene rings is 1. The van der Waals surface area contributed by atoms with Gasteiger partial charge in [0.1, 0.15) is 11.9 Å². The van der Waals surface area contributed by atoms with E-state index in [4.69, 9.17) is 19.9 Å². The Labute approximate surface area is 107 Å². The Kier molecular flexibility index (Phi) is 5.45. The van der Waals surface area contributed by atoms with Crippen molar-refractivity contribution in [3.05, 3.63) is 23.8 Å². The predicted molar refractivity (Wildman–Crippen MR) is 68.8 cm³/mol. The SMILES string of the molecule is CCOCC(C)OC(=O)c1ccc(N)c(OC)c1. The molecule has 0 spiro atoms. The maximum atomic E-state index is 11.8. The third-order valence-electron chi connectivity index (χ3n) is 2.33. The molecule has 0 radical (unpaired) electrons. The summed E-state index contributed by atoms with van der Waals surface area (Å²) < 4.78 is 15.4. The van der Waals surface area contributed by atoms with E-state index in [0.29, 0.717) is 30.2 Å². The zero-order valence-corrected chi connectivity index (χ0v) is 10.9. The van der Waals surface area contributed by atoms with Crippen molar-refractivity contribution in [3.63, 3.8) is 0 Å². The molecule has 0 aliphatic heterocycles. The molecule has 0 fully saturated rings. The number of ether oxygens (including phenoxy) is 3. The first kappa shape index (κ1) is 14.3. The number of hydrogen-bond donors (Lipinski definition) is 1. The van der Waals surface area contributed by atoms with Gasteiger partial charge < -0.3 is 19.9 Å². The molecule has 0 amide bonds. The minimum atomic E-state index is -0.416. The highest BCUT2D eigenvalue weighted by Gasteiger charge is 2.13. The number of nitrogens with two attached hydrogens (primary N) is 1. The molecular formula is C13H19NO4. The lowest BCUT2D eigenvalue weighted by molar-refractivity contribution is 0.00437. The van der Waals surface area contributed by atoms with Crippen molar-refractivity contribution in [2.75, 3.05) is 26.1 Å². The maximum Gasteiger partial charge on any atom is 0.338 e. The predicted octanol–water partition coefficient (Wildman–Crippen LogP) is 1.86. The van der Waals surface area contributed by atoms with Crippen LogP contribution in [0.3, 0.4) is 0 Å². The van der Waals surface area contributed by atoms with E-state index in [0.717, 1.165) is 0 Å². The van der Waals surface area contributed by atoms with E-state index in [1.807, 2.05) is 6.92 Å². The van der Waals surface area contributed by atoms with Gasteiger partial charge in [0.2, 0.25) is 0 Å². The second-order valence-corrected chi connectivity index (χ2v) is 3.83. The summed E-state index contributed by atoms with van der Waals surface area (Å²) in [7, 11) is 1.50. The second kappa shape index (κ2) is 6.86. The Morgan fingerprint density at radius 2 is 2.17 bits per heavy atom. The molecule has 0 bridgehead atoms. The lowest BCUT2D eigenvalue weighted by atomic mass is 10.2. The van der Waals surface area contributed by atoms with Gasteiger partial charge in [-0.2, -0.15) is 0 Å². The van der Waals surface area contributed by atoms with Crippen LogP contribution in [0.1, 0.15) is 24.2 Å². The normalized spacial score (nSPS) is 11.9. The standard InChI is InChI=1S/C13H19NO4/c1-4-17-8-9(2)18-13(15)10-5-6-11(14)12(7-10)16-3/h5-7,9H,4,8,14H2,1-3H3. The molecule has 1 unspecified atom stereocenters. The van der Waals surface area contributed by atoms with Crippen LogP contribution in [-0.2, 0) is 9.47 Å². The average Bonchev–Trinajstić information content (AvgIpc) is 2.36. The average molecular weight is 253 g/mol. The molecule has 100 valence electrons. The van der Waals surface area contributed by atoms with Crippen LogP contribution >= 0.6 is 0 Å². The summed E-state index contributed by atoms with van der Waals surface area (Å²) in [5.74, 6) is 0.0439. The van der Waals surface area contributed by atoms with Crippen molar-refractivity contribution in [1.29, 1.82) is 0 Å². The van der Waals surface area contributed by atoms with Gasteiger partial charge in [-0.1, -0.05) is 0 Å². The van der Waals surface area contributed by atoms with Crippen LogP contribution in [0.2, 0.25) is 0 Å². The highest BCUT2D eigenvalue weighted by molar-refractivity contribution is 5.90. The van der Waals surface area contributed by atoms with Crippen LogP contribution in [0.4, 0.5) is 5.69 Å². The molecule has 1 aromatic carbocycles. The van der Waals surface area contributed by atoms with E-state index in [1.54, 1.807) is 25.1 Å². The molecule has 0 aliphatic carbocycles. The number of anilines is 1. The smallest absolute Gasteiger partial charge is 0.338 e. The van der Waals surface area contributed by atoms with Gasteiger partial charge in [-0.05, 0) is 32.0 Å². The van der Waals surface area contributed by atoms with Gasteiger partial charge in [-0.25, -0.2) is 4.79 Å². The summed E-state index contributed by atoms with van der Waals surface area (Å²) in [5, 5.41) is 0. The summed E-state index contributed by atoms with van der Waals surface area (Å²) in [6.07, 6.45) is -0.291. The third kappa shape index (κ3) is 3.92. The third-order valence-corrected chi connectivity index (χ3v) is 2.33.